The summed E-state index contributed by atoms with van der Waals surface area (Å²) in [5, 5.41) is 10.8. The lowest BCUT2D eigenvalue weighted by molar-refractivity contribution is -0.131. The van der Waals surface area contributed by atoms with Crippen LogP contribution in [0.1, 0.15) is 24.4 Å². The summed E-state index contributed by atoms with van der Waals surface area (Å²) in [5.74, 6) is 0.273. The Morgan fingerprint density at radius 2 is 1.66 bits per heavy atom. The highest BCUT2D eigenvalue weighted by Crippen LogP contribution is 2.29. The molecule has 0 bridgehead atoms. The van der Waals surface area contributed by atoms with Gasteiger partial charge in [0, 0.05) is 26.3 Å². The van der Waals surface area contributed by atoms with Crippen molar-refractivity contribution < 1.29 is 9.90 Å². The highest BCUT2D eigenvalue weighted by atomic mass is 35.5. The van der Waals surface area contributed by atoms with Crippen LogP contribution in [0, 0.1) is 0 Å². The second-order valence-electron chi connectivity index (χ2n) is 9.15. The Morgan fingerprint density at radius 3 is 2.31 bits per heavy atom. The van der Waals surface area contributed by atoms with Gasteiger partial charge >= 0.3 is 0 Å². The van der Waals surface area contributed by atoms with Crippen LogP contribution in [0.5, 0.6) is 5.75 Å². The maximum atomic E-state index is 13.4. The van der Waals surface area contributed by atoms with Gasteiger partial charge < -0.3 is 19.8 Å². The van der Waals surface area contributed by atoms with E-state index in [-0.39, 0.29) is 24.2 Å². The molecule has 3 aromatic carbocycles. The molecule has 184 valence electrons. The lowest BCUT2D eigenvalue weighted by atomic mass is 9.99. The molecule has 1 unspecified atom stereocenters. The minimum Gasteiger partial charge on any atom is -0.508 e. The Hall–Kier alpha value is -2.73. The predicted molar refractivity (Wildman–Crippen MR) is 144 cm³/mol. The molecule has 1 N–H and O–H groups in total. The fraction of sp³-hybridized carbons (Fsp3) is 0.321. The Kier molecular flexibility index (Phi) is 8.22. The third-order valence-electron chi connectivity index (χ3n) is 6.68. The van der Waals surface area contributed by atoms with Crippen molar-refractivity contribution >= 4 is 34.8 Å². The molecular weight excluding hydrogens is 481 g/mol. The maximum absolute atomic E-state index is 13.4. The van der Waals surface area contributed by atoms with Gasteiger partial charge in [-0.25, -0.2) is 0 Å². The lowest BCUT2D eigenvalue weighted by Gasteiger charge is -2.33. The number of anilines is 1. The van der Waals surface area contributed by atoms with Crippen LogP contribution in [-0.2, 0) is 4.79 Å². The quantitative estimate of drug-likeness (QED) is 0.397. The number of hydrogen-bond acceptors (Lipinski definition) is 4. The second kappa shape index (κ2) is 11.3. The summed E-state index contributed by atoms with van der Waals surface area (Å²) < 4.78 is 0. The molecule has 0 aromatic heterocycles. The zero-order valence-electron chi connectivity index (χ0n) is 20.1. The third kappa shape index (κ3) is 6.29. The molecular formula is C28H31Cl2N3O2. The van der Waals surface area contributed by atoms with Crippen LogP contribution in [0.2, 0.25) is 10.0 Å². The van der Waals surface area contributed by atoms with E-state index in [0.717, 1.165) is 42.0 Å². The summed E-state index contributed by atoms with van der Waals surface area (Å²) >= 11 is 12.2. The van der Waals surface area contributed by atoms with Crippen molar-refractivity contribution in [2.45, 2.75) is 18.9 Å². The van der Waals surface area contributed by atoms with Gasteiger partial charge in [0.2, 0.25) is 5.91 Å². The highest BCUT2D eigenvalue weighted by molar-refractivity contribution is 6.42. The summed E-state index contributed by atoms with van der Waals surface area (Å²) in [5.41, 5.74) is 3.92. The maximum Gasteiger partial charge on any atom is 0.242 e. The Balaban J connectivity index is 1.53. The van der Waals surface area contributed by atoms with Gasteiger partial charge in [-0.2, -0.15) is 0 Å². The summed E-state index contributed by atoms with van der Waals surface area (Å²) in [4.78, 5) is 19.5. The smallest absolute Gasteiger partial charge is 0.242 e. The first-order valence-corrected chi connectivity index (χ1v) is 12.6. The van der Waals surface area contributed by atoms with Crippen molar-refractivity contribution in [1.82, 2.24) is 9.80 Å². The molecule has 0 aliphatic carbocycles. The lowest BCUT2D eigenvalue weighted by Crippen LogP contribution is -2.42. The normalized spacial score (nSPS) is 14.6. The van der Waals surface area contributed by atoms with Gasteiger partial charge in [-0.05, 0) is 73.0 Å². The third-order valence-corrected chi connectivity index (χ3v) is 7.42. The highest BCUT2D eigenvalue weighted by Gasteiger charge is 2.26. The summed E-state index contributed by atoms with van der Waals surface area (Å²) in [6.45, 7) is 3.14. The largest absolute Gasteiger partial charge is 0.508 e. The molecule has 0 saturated carbocycles. The molecule has 1 amide bonds. The minimum absolute atomic E-state index is 0.0276. The van der Waals surface area contributed by atoms with Crippen LogP contribution in [-0.4, -0.2) is 61.1 Å². The van der Waals surface area contributed by atoms with Crippen LogP contribution in [0.25, 0.3) is 11.1 Å². The second-order valence-corrected chi connectivity index (χ2v) is 9.97. The van der Waals surface area contributed by atoms with Crippen molar-refractivity contribution in [3.8, 4) is 16.9 Å². The first-order chi connectivity index (χ1) is 16.8. The van der Waals surface area contributed by atoms with Gasteiger partial charge in [0.05, 0.1) is 22.6 Å². The van der Waals surface area contributed by atoms with Crippen LogP contribution >= 0.6 is 23.2 Å². The molecule has 1 heterocycles. The number of amides is 1. The molecule has 7 heteroatoms. The number of carbonyl (C=O) groups excluding carboxylic acids is 1. The molecule has 0 spiro atoms. The molecule has 1 saturated heterocycles. The van der Waals surface area contributed by atoms with Crippen LogP contribution in [0.4, 0.5) is 5.69 Å². The van der Waals surface area contributed by atoms with E-state index in [0.29, 0.717) is 10.0 Å². The molecule has 1 fully saturated rings. The number of likely N-dealkylation sites (tertiary alicyclic amines) is 1. The summed E-state index contributed by atoms with van der Waals surface area (Å²) in [6, 6.07) is 20.8. The van der Waals surface area contributed by atoms with E-state index < -0.39 is 0 Å². The number of hydrogen-bond donors (Lipinski definition) is 1. The summed E-state index contributed by atoms with van der Waals surface area (Å²) in [7, 11) is 3.76. The molecule has 1 aliphatic rings. The van der Waals surface area contributed by atoms with Gasteiger partial charge in [-0.3, -0.25) is 4.79 Å². The molecule has 4 rings (SSSR count). The fourth-order valence-corrected chi connectivity index (χ4v) is 4.84. The average Bonchev–Trinajstić information content (AvgIpc) is 3.37. The van der Waals surface area contributed by atoms with Gasteiger partial charge in [-0.15, -0.1) is 0 Å². The number of likely N-dealkylation sites (N-methyl/N-ethyl adjacent to an activating group) is 2. The van der Waals surface area contributed by atoms with Gasteiger partial charge in [0.15, 0.2) is 0 Å². The van der Waals surface area contributed by atoms with Gasteiger partial charge in [0.1, 0.15) is 5.75 Å². The Bertz CT molecular complexity index is 1160. The van der Waals surface area contributed by atoms with Crippen molar-refractivity contribution in [1.29, 1.82) is 0 Å². The van der Waals surface area contributed by atoms with E-state index in [2.05, 4.69) is 29.2 Å². The van der Waals surface area contributed by atoms with Crippen LogP contribution in [0.15, 0.2) is 66.7 Å². The number of halogens is 2. The number of phenolic OH excluding ortho intramolecular Hbond substituents is 1. The standard InChI is InChI=1S/C28H31Cl2N3O2/c1-31(23-12-13-25(29)26(30)17-23)19-28(35)32(2)27(18-33-14-3-4-15-33)21-10-8-20(9-11-21)22-6-5-7-24(34)16-22/h5-13,16-17,27,34H,3-4,14-15,18-19H2,1-2H3. The Labute approximate surface area is 217 Å². The zero-order valence-corrected chi connectivity index (χ0v) is 21.6. The molecule has 35 heavy (non-hydrogen) atoms. The topological polar surface area (TPSA) is 47.0 Å². The monoisotopic (exact) mass is 511 g/mol. The number of nitrogens with zero attached hydrogens (tertiary/aromatic N) is 3. The van der Waals surface area contributed by atoms with Crippen molar-refractivity contribution in [2.24, 2.45) is 0 Å². The van der Waals surface area contributed by atoms with Gasteiger partial charge in [-0.1, -0.05) is 59.6 Å². The van der Waals surface area contributed by atoms with Crippen molar-refractivity contribution in [3.63, 3.8) is 0 Å². The van der Waals surface area contributed by atoms with E-state index in [1.54, 1.807) is 24.3 Å². The van der Waals surface area contributed by atoms with Crippen LogP contribution < -0.4 is 4.90 Å². The van der Waals surface area contributed by atoms with E-state index in [1.807, 2.05) is 42.1 Å². The molecule has 1 aliphatic heterocycles. The molecule has 3 aromatic rings. The van der Waals surface area contributed by atoms with E-state index in [1.165, 1.54) is 12.8 Å². The zero-order chi connectivity index (χ0) is 24.9. The SMILES string of the molecule is CN(CC(=O)N(C)C(CN1CCCC1)c1ccc(-c2cccc(O)c2)cc1)c1ccc(Cl)c(Cl)c1. The van der Waals surface area contributed by atoms with E-state index in [9.17, 15) is 9.90 Å². The fourth-order valence-electron chi connectivity index (χ4n) is 4.55. The first kappa shape index (κ1) is 25.4. The first-order valence-electron chi connectivity index (χ1n) is 11.9. The van der Waals surface area contributed by atoms with Gasteiger partial charge in [0.25, 0.3) is 0 Å². The Morgan fingerprint density at radius 1 is 0.943 bits per heavy atom. The predicted octanol–water partition coefficient (Wildman–Crippen LogP) is 6.10. The number of phenols is 1. The molecule has 0 radical (unpaired) electrons. The average molecular weight is 512 g/mol. The van der Waals surface area contributed by atoms with Crippen molar-refractivity contribution in [2.75, 3.05) is 45.2 Å². The molecule has 1 atom stereocenters. The van der Waals surface area contributed by atoms with Crippen molar-refractivity contribution in [3.05, 3.63) is 82.3 Å². The summed E-state index contributed by atoms with van der Waals surface area (Å²) in [6.07, 6.45) is 2.39. The minimum atomic E-state index is -0.0685. The number of aromatic hydroxyl groups is 1. The number of carbonyl (C=O) groups is 1. The van der Waals surface area contributed by atoms with E-state index in [4.69, 9.17) is 23.2 Å². The number of benzene rings is 3. The number of rotatable bonds is 8. The molecule has 5 nitrogen and oxygen atoms in total. The van der Waals surface area contributed by atoms with E-state index >= 15 is 0 Å². The van der Waals surface area contributed by atoms with Crippen LogP contribution in [0.3, 0.4) is 0 Å².